The van der Waals surface area contributed by atoms with Gasteiger partial charge < -0.3 is 15.2 Å². The number of ether oxygens (including phenoxy) is 1. The van der Waals surface area contributed by atoms with Crippen LogP contribution in [0.2, 0.25) is 0 Å². The molecule has 8 nitrogen and oxygen atoms in total. The number of methoxy groups -OCH3 is 1. The van der Waals surface area contributed by atoms with Crippen LogP contribution in [0.25, 0.3) is 0 Å². The second kappa shape index (κ2) is 9.53. The summed E-state index contributed by atoms with van der Waals surface area (Å²) in [5.74, 6) is 0.300. The Bertz CT molecular complexity index is 1060. The van der Waals surface area contributed by atoms with E-state index in [1.165, 1.54) is 33.5 Å². The quantitative estimate of drug-likeness (QED) is 0.318. The molecule has 2 rings (SSSR count). The summed E-state index contributed by atoms with van der Waals surface area (Å²) in [6.45, 7) is 1.83. The zero-order valence-electron chi connectivity index (χ0n) is 16.2. The highest BCUT2D eigenvalue weighted by molar-refractivity contribution is 9.10. The maximum atomic E-state index is 12.3. The van der Waals surface area contributed by atoms with Crippen molar-refractivity contribution in [3.8, 4) is 11.5 Å². The van der Waals surface area contributed by atoms with Crippen molar-refractivity contribution in [2.24, 2.45) is 5.10 Å². The van der Waals surface area contributed by atoms with E-state index in [1.54, 1.807) is 24.3 Å². The lowest BCUT2D eigenvalue weighted by atomic mass is 10.2. The molecule has 0 aliphatic heterocycles. The number of benzene rings is 2. The summed E-state index contributed by atoms with van der Waals surface area (Å²) < 4.78 is 31.3. The predicted molar refractivity (Wildman–Crippen MR) is 121 cm³/mol. The molecule has 2 aromatic carbocycles. The molecule has 0 unspecified atom stereocenters. The number of halogens is 1. The van der Waals surface area contributed by atoms with Gasteiger partial charge in [-0.05, 0) is 70.5 Å². The molecule has 0 saturated heterocycles. The first kappa shape index (κ1) is 23.1. The van der Waals surface area contributed by atoms with Gasteiger partial charge in [-0.2, -0.15) is 5.10 Å². The second-order valence-electron chi connectivity index (χ2n) is 6.14. The van der Waals surface area contributed by atoms with Gasteiger partial charge in [0.25, 0.3) is 0 Å². The molecule has 0 spiro atoms. The maximum absolute atomic E-state index is 12.3. The molecule has 29 heavy (non-hydrogen) atoms. The number of thiocarbonyl (C=S) groups is 1. The molecule has 0 aromatic heterocycles. The zero-order valence-corrected chi connectivity index (χ0v) is 19.4. The number of aryl methyl sites for hydroxylation is 1. The van der Waals surface area contributed by atoms with E-state index in [0.29, 0.717) is 21.5 Å². The van der Waals surface area contributed by atoms with Crippen LogP contribution in [0, 0.1) is 6.92 Å². The van der Waals surface area contributed by atoms with Crippen molar-refractivity contribution < 1.29 is 18.3 Å². The molecule has 0 heterocycles. The smallest absolute Gasteiger partial charge is 0.242 e. The first-order chi connectivity index (χ1) is 13.6. The lowest BCUT2D eigenvalue weighted by Crippen LogP contribution is -2.25. The lowest BCUT2D eigenvalue weighted by Gasteiger charge is -2.15. The monoisotopic (exact) mass is 500 g/mol. The number of nitrogens with one attached hydrogen (secondary N) is 2. The highest BCUT2D eigenvalue weighted by Gasteiger charge is 2.18. The van der Waals surface area contributed by atoms with Crippen molar-refractivity contribution in [2.45, 2.75) is 11.8 Å². The predicted octanol–water partition coefficient (Wildman–Crippen LogP) is 3.04. The Balaban J connectivity index is 2.12. The van der Waals surface area contributed by atoms with E-state index in [4.69, 9.17) is 17.0 Å². The fraction of sp³-hybridized carbons (Fsp3) is 0.222. The van der Waals surface area contributed by atoms with Crippen molar-refractivity contribution in [3.05, 3.63) is 45.9 Å². The third kappa shape index (κ3) is 5.66. The minimum absolute atomic E-state index is 0.00201. The minimum Gasteiger partial charge on any atom is -0.503 e. The number of nitrogens with zero attached hydrogens (tertiary/aromatic N) is 2. The number of hydrogen-bond acceptors (Lipinski definition) is 6. The van der Waals surface area contributed by atoms with Crippen LogP contribution >= 0.6 is 28.1 Å². The highest BCUT2D eigenvalue weighted by atomic mass is 79.9. The van der Waals surface area contributed by atoms with Gasteiger partial charge >= 0.3 is 0 Å². The summed E-state index contributed by atoms with van der Waals surface area (Å²) in [4.78, 5) is 0.155. The molecule has 0 fully saturated rings. The van der Waals surface area contributed by atoms with E-state index >= 15 is 0 Å². The van der Waals surface area contributed by atoms with Gasteiger partial charge in [0.1, 0.15) is 0 Å². The lowest BCUT2D eigenvalue weighted by molar-refractivity contribution is 0.372. The summed E-state index contributed by atoms with van der Waals surface area (Å²) in [6.07, 6.45) is 1.50. The molecule has 156 valence electrons. The van der Waals surface area contributed by atoms with Crippen molar-refractivity contribution in [3.63, 3.8) is 0 Å². The fourth-order valence-corrected chi connectivity index (χ4v) is 3.80. The van der Waals surface area contributed by atoms with Gasteiger partial charge in [-0.1, -0.05) is 6.07 Å². The van der Waals surface area contributed by atoms with Crippen molar-refractivity contribution in [1.82, 2.24) is 9.73 Å². The molecule has 0 saturated carbocycles. The fourth-order valence-electron chi connectivity index (χ4n) is 2.25. The van der Waals surface area contributed by atoms with Crippen molar-refractivity contribution in [2.75, 3.05) is 26.5 Å². The van der Waals surface area contributed by atoms with E-state index in [1.807, 2.05) is 6.92 Å². The second-order valence-corrected chi connectivity index (χ2v) is 9.56. The normalized spacial score (nSPS) is 11.7. The van der Waals surface area contributed by atoms with Gasteiger partial charge in [-0.15, -0.1) is 0 Å². The van der Waals surface area contributed by atoms with Gasteiger partial charge in [-0.25, -0.2) is 12.7 Å². The van der Waals surface area contributed by atoms with Crippen LogP contribution in [0.3, 0.4) is 0 Å². The number of phenolic OH excluding ortho intramolecular Hbond substituents is 1. The zero-order chi connectivity index (χ0) is 21.8. The van der Waals surface area contributed by atoms with E-state index < -0.39 is 10.0 Å². The standard InChI is InChI=1S/C18H21BrN4O4S2/c1-11-5-6-13(29(25,26)23(2)3)9-15(11)21-18(28)22-20-10-12-7-14(19)17(24)16(8-12)27-4/h5-10,24H,1-4H3,(H2,21,22,28). The number of rotatable bonds is 6. The number of sulfonamides is 1. The van der Waals surface area contributed by atoms with Crippen molar-refractivity contribution in [1.29, 1.82) is 0 Å². The summed E-state index contributed by atoms with van der Waals surface area (Å²) in [5.41, 5.74) is 4.71. The van der Waals surface area contributed by atoms with E-state index in [0.717, 1.165) is 9.87 Å². The van der Waals surface area contributed by atoms with Crippen LogP contribution in [-0.4, -0.2) is 50.4 Å². The largest absolute Gasteiger partial charge is 0.503 e. The molecule has 0 amide bonds. The summed E-state index contributed by atoms with van der Waals surface area (Å²) >= 11 is 8.47. The van der Waals surface area contributed by atoms with Crippen LogP contribution in [0.4, 0.5) is 5.69 Å². The Morgan fingerprint density at radius 1 is 1.31 bits per heavy atom. The topological polar surface area (TPSA) is 103 Å². The van der Waals surface area contributed by atoms with Crippen LogP contribution in [0.15, 0.2) is 44.8 Å². The minimum atomic E-state index is -3.56. The highest BCUT2D eigenvalue weighted by Crippen LogP contribution is 2.34. The molecule has 0 aliphatic rings. The molecule has 0 aliphatic carbocycles. The molecule has 0 radical (unpaired) electrons. The first-order valence-electron chi connectivity index (χ1n) is 8.26. The van der Waals surface area contributed by atoms with E-state index in [2.05, 4.69) is 31.8 Å². The average molecular weight is 501 g/mol. The summed E-state index contributed by atoms with van der Waals surface area (Å²) in [5, 5.41) is 17.0. The third-order valence-corrected chi connectivity index (χ3v) is 6.50. The molecular formula is C18H21BrN4O4S2. The van der Waals surface area contributed by atoms with Crippen LogP contribution < -0.4 is 15.5 Å². The molecule has 11 heteroatoms. The number of hydrazone groups is 1. The van der Waals surface area contributed by atoms with E-state index in [9.17, 15) is 13.5 Å². The molecule has 3 N–H and O–H groups in total. The van der Waals surface area contributed by atoms with Crippen LogP contribution in [0.5, 0.6) is 11.5 Å². The third-order valence-electron chi connectivity index (χ3n) is 3.89. The van der Waals surface area contributed by atoms with Gasteiger partial charge in [0.05, 0.1) is 22.7 Å². The molecule has 0 bridgehead atoms. The Kier molecular flexibility index (Phi) is 7.58. The van der Waals surface area contributed by atoms with Gasteiger partial charge in [0.2, 0.25) is 10.0 Å². The molecule has 2 aromatic rings. The van der Waals surface area contributed by atoms with Gasteiger partial charge in [0.15, 0.2) is 16.6 Å². The summed E-state index contributed by atoms with van der Waals surface area (Å²) in [7, 11) is 0.839. The van der Waals surface area contributed by atoms with Crippen LogP contribution in [0.1, 0.15) is 11.1 Å². The Labute approximate surface area is 183 Å². The first-order valence-corrected chi connectivity index (χ1v) is 10.9. The number of hydrogen-bond donors (Lipinski definition) is 3. The molecule has 0 atom stereocenters. The summed E-state index contributed by atoms with van der Waals surface area (Å²) in [6, 6.07) is 8.04. The van der Waals surface area contributed by atoms with E-state index in [-0.39, 0.29) is 15.8 Å². The Morgan fingerprint density at radius 3 is 2.62 bits per heavy atom. The van der Waals surface area contributed by atoms with Gasteiger partial charge in [0, 0.05) is 19.8 Å². The average Bonchev–Trinajstić information content (AvgIpc) is 2.65. The number of phenols is 1. The SMILES string of the molecule is COc1cc(C=NNC(=S)Nc2cc(S(=O)(=O)N(C)C)ccc2C)cc(Br)c1O. The Morgan fingerprint density at radius 2 is 2.00 bits per heavy atom. The Hall–Kier alpha value is -2.21. The number of aromatic hydroxyl groups is 1. The van der Waals surface area contributed by atoms with Gasteiger partial charge in [-0.3, -0.25) is 5.43 Å². The van der Waals surface area contributed by atoms with Crippen molar-refractivity contribution >= 4 is 55.2 Å². The molecular weight excluding hydrogens is 480 g/mol. The van der Waals surface area contributed by atoms with Crippen LogP contribution in [-0.2, 0) is 10.0 Å². The maximum Gasteiger partial charge on any atom is 0.242 e. The number of anilines is 1.